The number of hydrogen-bond donors (Lipinski definition) is 2. The van der Waals surface area contributed by atoms with E-state index in [-0.39, 0.29) is 36.9 Å². The summed E-state index contributed by atoms with van der Waals surface area (Å²) in [5.41, 5.74) is 1.60. The zero-order valence-electron chi connectivity index (χ0n) is 20.9. The van der Waals surface area contributed by atoms with Gasteiger partial charge in [0.05, 0.1) is 17.0 Å². The van der Waals surface area contributed by atoms with Crippen molar-refractivity contribution >= 4 is 27.7 Å². The Kier molecular flexibility index (Phi) is 10.1. The highest BCUT2D eigenvalue weighted by Gasteiger charge is 2.35. The highest BCUT2D eigenvalue weighted by Crippen LogP contribution is 2.23. The summed E-state index contributed by atoms with van der Waals surface area (Å²) in [6, 6.07) is 23.4. The normalized spacial score (nSPS) is 13.5. The molecular formula is C28H33ClN2O5S. The fourth-order valence-electron chi connectivity index (χ4n) is 4.18. The summed E-state index contributed by atoms with van der Waals surface area (Å²) in [6.45, 7) is 3.72. The van der Waals surface area contributed by atoms with Gasteiger partial charge in [0.15, 0.2) is 0 Å². The van der Waals surface area contributed by atoms with Gasteiger partial charge >= 0.3 is 6.09 Å². The minimum Gasteiger partial charge on any atom is -0.465 e. The van der Waals surface area contributed by atoms with E-state index in [2.05, 4.69) is 0 Å². The summed E-state index contributed by atoms with van der Waals surface area (Å²) in [4.78, 5) is 13.7. The summed E-state index contributed by atoms with van der Waals surface area (Å²) >= 11 is 5.95. The highest BCUT2D eigenvalue weighted by atomic mass is 35.5. The number of carboxylic acid groups (broad SMARTS) is 1. The van der Waals surface area contributed by atoms with E-state index >= 15 is 0 Å². The summed E-state index contributed by atoms with van der Waals surface area (Å²) in [5, 5.41) is 22.0. The van der Waals surface area contributed by atoms with Gasteiger partial charge < -0.3 is 10.2 Å². The fraction of sp³-hybridized carbons (Fsp3) is 0.321. The van der Waals surface area contributed by atoms with Crippen molar-refractivity contribution in [3.8, 4) is 0 Å². The first-order valence-electron chi connectivity index (χ1n) is 12.1. The van der Waals surface area contributed by atoms with Crippen LogP contribution in [0.5, 0.6) is 0 Å². The van der Waals surface area contributed by atoms with Crippen molar-refractivity contribution in [1.82, 2.24) is 9.21 Å². The van der Waals surface area contributed by atoms with E-state index in [1.807, 2.05) is 74.5 Å². The monoisotopic (exact) mass is 544 g/mol. The molecule has 0 bridgehead atoms. The molecule has 3 aromatic carbocycles. The van der Waals surface area contributed by atoms with Gasteiger partial charge in [0.25, 0.3) is 0 Å². The first-order chi connectivity index (χ1) is 17.6. The first kappa shape index (κ1) is 28.7. The van der Waals surface area contributed by atoms with Gasteiger partial charge in [-0.15, -0.1) is 0 Å². The van der Waals surface area contributed by atoms with Gasteiger partial charge in [-0.05, 0) is 47.7 Å². The lowest BCUT2D eigenvalue weighted by molar-refractivity contribution is 0.0337. The third-order valence-electron chi connectivity index (χ3n) is 5.98. The molecule has 198 valence electrons. The number of halogens is 1. The van der Waals surface area contributed by atoms with E-state index in [4.69, 9.17) is 11.6 Å². The maximum atomic E-state index is 13.5. The van der Waals surface area contributed by atoms with E-state index in [0.717, 1.165) is 11.1 Å². The number of sulfonamides is 1. The molecule has 0 radical (unpaired) electrons. The molecule has 0 heterocycles. The van der Waals surface area contributed by atoms with E-state index in [1.54, 1.807) is 0 Å². The van der Waals surface area contributed by atoms with Gasteiger partial charge in [0.2, 0.25) is 10.0 Å². The number of rotatable bonds is 12. The molecule has 3 aromatic rings. The molecule has 1 unspecified atom stereocenters. The molecule has 0 aliphatic carbocycles. The lowest BCUT2D eigenvalue weighted by Crippen LogP contribution is -2.52. The molecule has 3 rings (SSSR count). The molecule has 0 aromatic heterocycles. The quantitative estimate of drug-likeness (QED) is 0.329. The molecule has 7 nitrogen and oxygen atoms in total. The van der Waals surface area contributed by atoms with Gasteiger partial charge in [0.1, 0.15) is 0 Å². The van der Waals surface area contributed by atoms with Crippen molar-refractivity contribution in [2.45, 2.75) is 43.9 Å². The maximum absolute atomic E-state index is 13.5. The van der Waals surface area contributed by atoms with E-state index in [0.29, 0.717) is 5.02 Å². The molecule has 2 atom stereocenters. The van der Waals surface area contributed by atoms with Crippen LogP contribution in [0.4, 0.5) is 4.79 Å². The van der Waals surface area contributed by atoms with E-state index < -0.39 is 28.3 Å². The minimum atomic E-state index is -3.97. The van der Waals surface area contributed by atoms with Gasteiger partial charge in [-0.3, -0.25) is 4.90 Å². The Morgan fingerprint density at radius 3 is 1.92 bits per heavy atom. The number of carbonyl (C=O) groups is 1. The van der Waals surface area contributed by atoms with Crippen molar-refractivity contribution in [3.05, 3.63) is 101 Å². The Morgan fingerprint density at radius 2 is 1.41 bits per heavy atom. The fourth-order valence-corrected chi connectivity index (χ4v) is 5.93. The summed E-state index contributed by atoms with van der Waals surface area (Å²) < 4.78 is 28.3. The van der Waals surface area contributed by atoms with Crippen LogP contribution in [0.15, 0.2) is 89.8 Å². The highest BCUT2D eigenvalue weighted by molar-refractivity contribution is 7.89. The van der Waals surface area contributed by atoms with Crippen molar-refractivity contribution < 1.29 is 23.4 Å². The summed E-state index contributed by atoms with van der Waals surface area (Å²) in [7, 11) is -3.97. The molecule has 0 saturated carbocycles. The average Bonchev–Trinajstić information content (AvgIpc) is 2.86. The third kappa shape index (κ3) is 8.04. The Hall–Kier alpha value is -2.91. The van der Waals surface area contributed by atoms with Crippen LogP contribution in [0, 0.1) is 5.92 Å². The third-order valence-corrected chi connectivity index (χ3v) is 8.08. The Bertz CT molecular complexity index is 1240. The zero-order chi connectivity index (χ0) is 27.0. The summed E-state index contributed by atoms with van der Waals surface area (Å²) in [5.74, 6) is -0.0262. The summed E-state index contributed by atoms with van der Waals surface area (Å²) in [6.07, 6.45) is -2.27. The Morgan fingerprint density at radius 1 is 0.865 bits per heavy atom. The van der Waals surface area contributed by atoms with Gasteiger partial charge in [-0.1, -0.05) is 86.1 Å². The van der Waals surface area contributed by atoms with Gasteiger partial charge in [-0.25, -0.2) is 13.2 Å². The number of aliphatic hydroxyl groups excluding tert-OH is 1. The SMILES string of the molecule is CC(C)CN(C[C@@H](O)C(Cc1ccccc1)N(Cc1ccccc1)C(=O)O)S(=O)(=O)c1ccc(Cl)cc1. The molecule has 37 heavy (non-hydrogen) atoms. The molecule has 0 spiro atoms. The second kappa shape index (κ2) is 13.1. The largest absolute Gasteiger partial charge is 0.465 e. The van der Waals surface area contributed by atoms with Crippen LogP contribution in [0.2, 0.25) is 5.02 Å². The molecule has 1 amide bonds. The van der Waals surface area contributed by atoms with Crippen molar-refractivity contribution in [2.75, 3.05) is 13.1 Å². The van der Waals surface area contributed by atoms with Crippen molar-refractivity contribution in [2.24, 2.45) is 5.92 Å². The van der Waals surface area contributed by atoms with E-state index in [1.165, 1.54) is 33.5 Å². The zero-order valence-corrected chi connectivity index (χ0v) is 22.5. The predicted octanol–water partition coefficient (Wildman–Crippen LogP) is 5.14. The average molecular weight is 545 g/mol. The first-order valence-corrected chi connectivity index (χ1v) is 13.9. The lowest BCUT2D eigenvalue weighted by atomic mass is 9.98. The van der Waals surface area contributed by atoms with Crippen LogP contribution >= 0.6 is 11.6 Å². The maximum Gasteiger partial charge on any atom is 0.407 e. The van der Waals surface area contributed by atoms with Crippen LogP contribution in [0.25, 0.3) is 0 Å². The molecule has 0 saturated heterocycles. The lowest BCUT2D eigenvalue weighted by Gasteiger charge is -2.36. The topological polar surface area (TPSA) is 98.2 Å². The number of hydrogen-bond acceptors (Lipinski definition) is 4. The number of benzene rings is 3. The smallest absolute Gasteiger partial charge is 0.407 e. The number of amides is 1. The molecular weight excluding hydrogens is 512 g/mol. The second-order valence-electron chi connectivity index (χ2n) is 9.39. The van der Waals surface area contributed by atoms with Crippen LogP contribution in [0.3, 0.4) is 0 Å². The molecule has 9 heteroatoms. The van der Waals surface area contributed by atoms with Crippen LogP contribution < -0.4 is 0 Å². The molecule has 0 aliphatic rings. The van der Waals surface area contributed by atoms with E-state index in [9.17, 15) is 23.4 Å². The number of aliphatic hydroxyl groups is 1. The van der Waals surface area contributed by atoms with Crippen LogP contribution in [-0.4, -0.2) is 59.2 Å². The Labute approximate surface area is 224 Å². The molecule has 2 N–H and O–H groups in total. The Balaban J connectivity index is 1.96. The predicted molar refractivity (Wildman–Crippen MR) is 145 cm³/mol. The van der Waals surface area contributed by atoms with Crippen LogP contribution in [0.1, 0.15) is 25.0 Å². The second-order valence-corrected chi connectivity index (χ2v) is 11.8. The van der Waals surface area contributed by atoms with Crippen LogP contribution in [-0.2, 0) is 23.0 Å². The van der Waals surface area contributed by atoms with Gasteiger partial charge in [-0.2, -0.15) is 4.31 Å². The molecule has 0 aliphatic heterocycles. The molecule has 0 fully saturated rings. The standard InChI is InChI=1S/C28H33ClN2O5S/c1-21(2)18-30(37(35,36)25-15-13-24(29)14-16-25)20-27(32)26(17-22-9-5-3-6-10-22)31(28(33)34)19-23-11-7-4-8-12-23/h3-16,21,26-27,32H,17-20H2,1-2H3,(H,33,34)/t26?,27-/m1/s1. The van der Waals surface area contributed by atoms with Crippen molar-refractivity contribution in [3.63, 3.8) is 0 Å². The van der Waals surface area contributed by atoms with Gasteiger partial charge in [0, 0.05) is 24.7 Å². The number of nitrogens with zero attached hydrogens (tertiary/aromatic N) is 2. The minimum absolute atomic E-state index is 0.0262. The van der Waals surface area contributed by atoms with Crippen molar-refractivity contribution in [1.29, 1.82) is 0 Å².